The van der Waals surface area contributed by atoms with Gasteiger partial charge in [-0.2, -0.15) is 0 Å². The molecule has 0 saturated heterocycles. The van der Waals surface area contributed by atoms with E-state index >= 15 is 0 Å². The zero-order valence-corrected chi connectivity index (χ0v) is 12.4. The minimum absolute atomic E-state index is 0.0184. The first kappa shape index (κ1) is 13.9. The molecule has 5 nitrogen and oxygen atoms in total. The van der Waals surface area contributed by atoms with Crippen LogP contribution in [0.3, 0.4) is 0 Å². The molecule has 0 aliphatic heterocycles. The van der Waals surface area contributed by atoms with Crippen LogP contribution in [0.1, 0.15) is 5.56 Å². The van der Waals surface area contributed by atoms with Gasteiger partial charge < -0.3 is 4.40 Å². The number of imidazole rings is 1. The summed E-state index contributed by atoms with van der Waals surface area (Å²) in [5.74, 6) is 0. The monoisotopic (exact) mass is 321 g/mol. The number of pyridine rings is 1. The van der Waals surface area contributed by atoms with E-state index in [2.05, 4.69) is 4.98 Å². The predicted molar refractivity (Wildman–Crippen MR) is 82.0 cm³/mol. The van der Waals surface area contributed by atoms with Gasteiger partial charge in [0.2, 0.25) is 0 Å². The van der Waals surface area contributed by atoms with E-state index in [1.165, 1.54) is 12.1 Å². The Morgan fingerprint density at radius 3 is 2.76 bits per heavy atom. The van der Waals surface area contributed by atoms with Crippen molar-refractivity contribution in [2.24, 2.45) is 0 Å². The van der Waals surface area contributed by atoms with Crippen molar-refractivity contribution in [2.75, 3.05) is 0 Å². The number of fused-ring (bicyclic) bond motifs is 1. The highest BCUT2D eigenvalue weighted by molar-refractivity contribution is 6.37. The first-order valence-electron chi connectivity index (χ1n) is 6.05. The Kier molecular flexibility index (Phi) is 3.31. The number of nitrogens with zero attached hydrogens (tertiary/aromatic N) is 3. The number of hydrogen-bond donors (Lipinski definition) is 0. The lowest BCUT2D eigenvalue weighted by atomic mass is 10.1. The minimum Gasteiger partial charge on any atom is -0.304 e. The molecule has 0 atom stereocenters. The van der Waals surface area contributed by atoms with Crippen molar-refractivity contribution in [3.63, 3.8) is 0 Å². The molecule has 0 radical (unpaired) electrons. The molecule has 0 aliphatic carbocycles. The van der Waals surface area contributed by atoms with Gasteiger partial charge in [-0.15, -0.1) is 0 Å². The van der Waals surface area contributed by atoms with Gasteiger partial charge in [-0.1, -0.05) is 35.3 Å². The molecule has 0 fully saturated rings. The van der Waals surface area contributed by atoms with Crippen LogP contribution in [0, 0.1) is 17.0 Å². The van der Waals surface area contributed by atoms with E-state index < -0.39 is 4.92 Å². The molecule has 0 aliphatic rings. The van der Waals surface area contributed by atoms with Crippen molar-refractivity contribution in [3.05, 3.63) is 62.4 Å². The maximum atomic E-state index is 10.8. The van der Waals surface area contributed by atoms with E-state index in [4.69, 9.17) is 23.2 Å². The van der Waals surface area contributed by atoms with Crippen LogP contribution >= 0.6 is 23.2 Å². The van der Waals surface area contributed by atoms with Crippen molar-refractivity contribution in [3.8, 4) is 11.3 Å². The summed E-state index contributed by atoms with van der Waals surface area (Å²) in [5, 5.41) is 11.9. The third-order valence-corrected chi connectivity index (χ3v) is 4.05. The maximum Gasteiger partial charge on any atom is 0.270 e. The van der Waals surface area contributed by atoms with E-state index in [1.807, 2.05) is 6.92 Å². The molecule has 0 bridgehead atoms. The number of rotatable bonds is 2. The highest BCUT2D eigenvalue weighted by Crippen LogP contribution is 2.30. The molecule has 2 heterocycles. The lowest BCUT2D eigenvalue weighted by molar-refractivity contribution is -0.384. The molecular weight excluding hydrogens is 313 g/mol. The molecular formula is C14H9Cl2N3O2. The molecule has 3 aromatic rings. The summed E-state index contributed by atoms with van der Waals surface area (Å²) < 4.78 is 1.71. The largest absolute Gasteiger partial charge is 0.304 e. The Labute approximate surface area is 129 Å². The van der Waals surface area contributed by atoms with Crippen molar-refractivity contribution in [1.29, 1.82) is 0 Å². The standard InChI is InChI=1S/C14H9Cl2N3O2/c1-8-11(15)6-18-7-12(17-14(18)13(8)16)9-3-2-4-10(5-9)19(20)21/h2-7H,1H3. The smallest absolute Gasteiger partial charge is 0.270 e. The zero-order chi connectivity index (χ0) is 15.1. The number of aromatic nitrogens is 2. The van der Waals surface area contributed by atoms with Crippen LogP contribution in [0.25, 0.3) is 16.9 Å². The van der Waals surface area contributed by atoms with Crippen LogP contribution in [0.4, 0.5) is 5.69 Å². The van der Waals surface area contributed by atoms with Crippen LogP contribution < -0.4 is 0 Å². The summed E-state index contributed by atoms with van der Waals surface area (Å²) in [5.41, 5.74) is 2.59. The van der Waals surface area contributed by atoms with Gasteiger partial charge in [-0.25, -0.2) is 4.98 Å². The normalized spacial score (nSPS) is 11.0. The summed E-state index contributed by atoms with van der Waals surface area (Å²) in [7, 11) is 0. The Morgan fingerprint density at radius 1 is 1.29 bits per heavy atom. The number of halogens is 2. The fourth-order valence-electron chi connectivity index (χ4n) is 2.06. The van der Waals surface area contributed by atoms with Crippen LogP contribution in [-0.2, 0) is 0 Å². The van der Waals surface area contributed by atoms with E-state index in [-0.39, 0.29) is 5.69 Å². The van der Waals surface area contributed by atoms with Crippen molar-refractivity contribution in [2.45, 2.75) is 6.92 Å². The fourth-order valence-corrected chi connectivity index (χ4v) is 2.55. The average molecular weight is 322 g/mol. The molecule has 0 unspecified atom stereocenters. The van der Waals surface area contributed by atoms with Crippen LogP contribution in [-0.4, -0.2) is 14.3 Å². The van der Waals surface area contributed by atoms with E-state index in [0.717, 1.165) is 5.56 Å². The highest BCUT2D eigenvalue weighted by Gasteiger charge is 2.13. The molecule has 0 N–H and O–H groups in total. The molecule has 0 spiro atoms. The van der Waals surface area contributed by atoms with E-state index in [0.29, 0.717) is 26.9 Å². The lowest BCUT2D eigenvalue weighted by Crippen LogP contribution is -1.88. The number of hydrogen-bond acceptors (Lipinski definition) is 3. The molecule has 1 aromatic carbocycles. The lowest BCUT2D eigenvalue weighted by Gasteiger charge is -2.02. The Balaban J connectivity index is 2.20. The van der Waals surface area contributed by atoms with E-state index in [1.54, 1.807) is 28.9 Å². The quantitative estimate of drug-likeness (QED) is 0.514. The number of nitro benzene ring substituents is 1. The molecule has 3 rings (SSSR count). The fraction of sp³-hybridized carbons (Fsp3) is 0.0714. The molecule has 7 heteroatoms. The van der Waals surface area contributed by atoms with Crippen molar-refractivity contribution >= 4 is 34.5 Å². The van der Waals surface area contributed by atoms with Gasteiger partial charge in [0.25, 0.3) is 5.69 Å². The minimum atomic E-state index is -0.437. The molecule has 21 heavy (non-hydrogen) atoms. The van der Waals surface area contributed by atoms with E-state index in [9.17, 15) is 10.1 Å². The van der Waals surface area contributed by atoms with Crippen LogP contribution in [0.2, 0.25) is 10.0 Å². The van der Waals surface area contributed by atoms with Gasteiger partial charge in [-0.3, -0.25) is 10.1 Å². The molecule has 0 amide bonds. The van der Waals surface area contributed by atoms with Gasteiger partial charge in [0.05, 0.1) is 20.7 Å². The van der Waals surface area contributed by atoms with Gasteiger partial charge >= 0.3 is 0 Å². The third kappa shape index (κ3) is 2.34. The summed E-state index contributed by atoms with van der Waals surface area (Å²) >= 11 is 12.3. The number of non-ortho nitro benzene ring substituents is 1. The molecule has 0 saturated carbocycles. The summed E-state index contributed by atoms with van der Waals surface area (Å²) in [4.78, 5) is 14.8. The number of benzene rings is 1. The van der Waals surface area contributed by atoms with Crippen LogP contribution in [0.15, 0.2) is 36.7 Å². The average Bonchev–Trinajstić information content (AvgIpc) is 2.89. The second-order valence-electron chi connectivity index (χ2n) is 4.58. The summed E-state index contributed by atoms with van der Waals surface area (Å²) in [6.07, 6.45) is 3.46. The highest BCUT2D eigenvalue weighted by atomic mass is 35.5. The van der Waals surface area contributed by atoms with Crippen molar-refractivity contribution in [1.82, 2.24) is 9.38 Å². The van der Waals surface area contributed by atoms with Gasteiger partial charge in [0.1, 0.15) is 0 Å². The first-order chi connectivity index (χ1) is 9.97. The molecule has 106 valence electrons. The number of nitro groups is 1. The maximum absolute atomic E-state index is 10.8. The van der Waals surface area contributed by atoms with Gasteiger partial charge in [0, 0.05) is 30.1 Å². The topological polar surface area (TPSA) is 60.4 Å². The van der Waals surface area contributed by atoms with Crippen molar-refractivity contribution < 1.29 is 4.92 Å². The Bertz CT molecular complexity index is 874. The Morgan fingerprint density at radius 2 is 2.05 bits per heavy atom. The van der Waals surface area contributed by atoms with Gasteiger partial charge in [-0.05, 0) is 12.5 Å². The second-order valence-corrected chi connectivity index (χ2v) is 5.37. The second kappa shape index (κ2) is 5.02. The first-order valence-corrected chi connectivity index (χ1v) is 6.81. The van der Waals surface area contributed by atoms with Crippen LogP contribution in [0.5, 0.6) is 0 Å². The SMILES string of the molecule is Cc1c(Cl)cn2cc(-c3cccc([N+](=O)[O-])c3)nc2c1Cl. The summed E-state index contributed by atoms with van der Waals surface area (Å²) in [6.45, 7) is 1.81. The van der Waals surface area contributed by atoms with Gasteiger partial charge in [0.15, 0.2) is 5.65 Å². The molecule has 2 aromatic heterocycles. The Hall–Kier alpha value is -2.11. The predicted octanol–water partition coefficient (Wildman–Crippen LogP) is 4.52. The zero-order valence-electron chi connectivity index (χ0n) is 10.9. The third-order valence-electron chi connectivity index (χ3n) is 3.22. The summed E-state index contributed by atoms with van der Waals surface area (Å²) in [6, 6.07) is 6.30.